The Morgan fingerprint density at radius 3 is 2.83 bits per heavy atom. The molecule has 1 aromatic carbocycles. The zero-order valence-corrected chi connectivity index (χ0v) is 11.8. The number of nitrogens with zero attached hydrogens (tertiary/aromatic N) is 1. The molecule has 96 valence electrons. The molecule has 1 aromatic heterocycles. The Morgan fingerprint density at radius 2 is 2.17 bits per heavy atom. The van der Waals surface area contributed by atoms with Crippen molar-refractivity contribution in [2.75, 3.05) is 20.7 Å². The molecule has 0 aliphatic heterocycles. The van der Waals surface area contributed by atoms with Gasteiger partial charge in [-0.15, -0.1) is 11.3 Å². The number of halogens is 1. The first-order valence-corrected chi connectivity index (χ1v) is 6.72. The summed E-state index contributed by atoms with van der Waals surface area (Å²) in [6.07, 6.45) is 0. The van der Waals surface area contributed by atoms with E-state index in [-0.39, 0.29) is 12.5 Å². The number of hydrogen-bond donors (Lipinski definition) is 0. The summed E-state index contributed by atoms with van der Waals surface area (Å²) in [7, 11) is 3.26. The normalized spacial score (nSPS) is 11.1. The van der Waals surface area contributed by atoms with Crippen molar-refractivity contribution in [1.82, 2.24) is 4.90 Å². The molecule has 5 heteroatoms. The molecule has 2 rings (SSSR count). The first-order valence-electron chi connectivity index (χ1n) is 5.53. The van der Waals surface area contributed by atoms with Gasteiger partial charge in [-0.2, -0.15) is 0 Å². The molecular formula is C13H14ClNO2S. The van der Waals surface area contributed by atoms with E-state index < -0.39 is 0 Å². The molecule has 0 saturated carbocycles. The lowest BCUT2D eigenvalue weighted by Gasteiger charge is -2.13. The standard InChI is InChI=1S/C13H14ClNO2S/c1-15(8-12(16)17-2)7-11-13(14)9-5-3-4-6-10(9)18-11/h3-6H,7-8H2,1-2H3. The van der Waals surface area contributed by atoms with Crippen molar-refractivity contribution in [3.63, 3.8) is 0 Å². The van der Waals surface area contributed by atoms with Crippen molar-refractivity contribution in [3.05, 3.63) is 34.2 Å². The van der Waals surface area contributed by atoms with Crippen molar-refractivity contribution >= 4 is 39.0 Å². The summed E-state index contributed by atoms with van der Waals surface area (Å²) < 4.78 is 5.81. The molecule has 1 heterocycles. The first kappa shape index (κ1) is 13.3. The fourth-order valence-corrected chi connectivity index (χ4v) is 3.33. The van der Waals surface area contributed by atoms with E-state index in [2.05, 4.69) is 10.8 Å². The van der Waals surface area contributed by atoms with E-state index in [4.69, 9.17) is 11.6 Å². The van der Waals surface area contributed by atoms with E-state index in [1.165, 1.54) is 11.8 Å². The van der Waals surface area contributed by atoms with E-state index in [0.29, 0.717) is 6.54 Å². The van der Waals surface area contributed by atoms with E-state index >= 15 is 0 Å². The van der Waals surface area contributed by atoms with Crippen LogP contribution in [0.3, 0.4) is 0 Å². The minimum atomic E-state index is -0.241. The van der Waals surface area contributed by atoms with Gasteiger partial charge in [0.05, 0.1) is 18.7 Å². The largest absolute Gasteiger partial charge is 0.468 e. The Labute approximate surface area is 115 Å². The monoisotopic (exact) mass is 283 g/mol. The minimum Gasteiger partial charge on any atom is -0.468 e. The molecule has 0 bridgehead atoms. The number of benzene rings is 1. The lowest BCUT2D eigenvalue weighted by atomic mass is 10.2. The van der Waals surface area contributed by atoms with E-state index in [0.717, 1.165) is 15.3 Å². The van der Waals surface area contributed by atoms with Crippen molar-refractivity contribution in [1.29, 1.82) is 0 Å². The number of carbonyl (C=O) groups is 1. The average Bonchev–Trinajstić information content (AvgIpc) is 2.66. The predicted molar refractivity (Wildman–Crippen MR) is 75.2 cm³/mol. The van der Waals surface area contributed by atoms with Crippen LogP contribution in [0.2, 0.25) is 5.02 Å². The summed E-state index contributed by atoms with van der Waals surface area (Å²) in [4.78, 5) is 14.1. The second kappa shape index (κ2) is 5.69. The number of thiophene rings is 1. The van der Waals surface area contributed by atoms with E-state index in [9.17, 15) is 4.79 Å². The Kier molecular flexibility index (Phi) is 4.22. The van der Waals surface area contributed by atoms with Gasteiger partial charge in [-0.3, -0.25) is 9.69 Å². The summed E-state index contributed by atoms with van der Waals surface area (Å²) in [6, 6.07) is 8.04. The lowest BCUT2D eigenvalue weighted by Crippen LogP contribution is -2.26. The van der Waals surface area contributed by atoms with Crippen LogP contribution in [0.5, 0.6) is 0 Å². The minimum absolute atomic E-state index is 0.241. The number of likely N-dealkylation sites (N-methyl/N-ethyl adjacent to an activating group) is 1. The van der Waals surface area contributed by atoms with Gasteiger partial charge in [-0.05, 0) is 13.1 Å². The molecule has 0 atom stereocenters. The zero-order chi connectivity index (χ0) is 13.1. The molecule has 0 unspecified atom stereocenters. The molecule has 2 aromatic rings. The van der Waals surface area contributed by atoms with Gasteiger partial charge in [-0.1, -0.05) is 29.8 Å². The van der Waals surface area contributed by atoms with Crippen LogP contribution in [-0.2, 0) is 16.1 Å². The Morgan fingerprint density at radius 1 is 1.44 bits per heavy atom. The lowest BCUT2D eigenvalue weighted by molar-refractivity contribution is -0.141. The van der Waals surface area contributed by atoms with Gasteiger partial charge in [-0.25, -0.2) is 0 Å². The summed E-state index contributed by atoms with van der Waals surface area (Å²) in [5.74, 6) is -0.241. The van der Waals surface area contributed by atoms with Gasteiger partial charge in [0, 0.05) is 21.5 Å². The molecule has 0 fully saturated rings. The quantitative estimate of drug-likeness (QED) is 0.807. The van der Waals surface area contributed by atoms with Crippen LogP contribution >= 0.6 is 22.9 Å². The third-order valence-corrected chi connectivity index (χ3v) is 4.34. The molecule has 0 radical (unpaired) electrons. The van der Waals surface area contributed by atoms with Gasteiger partial charge in [0.25, 0.3) is 0 Å². The molecule has 0 saturated heterocycles. The van der Waals surface area contributed by atoms with Gasteiger partial charge in [0.15, 0.2) is 0 Å². The highest BCUT2D eigenvalue weighted by atomic mass is 35.5. The number of methoxy groups -OCH3 is 1. The number of fused-ring (bicyclic) bond motifs is 1. The van der Waals surface area contributed by atoms with E-state index in [1.54, 1.807) is 11.3 Å². The Bertz CT molecular complexity index is 567. The van der Waals surface area contributed by atoms with Crippen LogP contribution < -0.4 is 0 Å². The average molecular weight is 284 g/mol. The fourth-order valence-electron chi connectivity index (χ4n) is 1.75. The van der Waals surface area contributed by atoms with Crippen molar-refractivity contribution in [3.8, 4) is 0 Å². The van der Waals surface area contributed by atoms with Crippen LogP contribution in [0.25, 0.3) is 10.1 Å². The highest BCUT2D eigenvalue weighted by molar-refractivity contribution is 7.19. The van der Waals surface area contributed by atoms with Gasteiger partial charge >= 0.3 is 5.97 Å². The third-order valence-electron chi connectivity index (χ3n) is 2.64. The summed E-state index contributed by atoms with van der Waals surface area (Å²) in [5, 5.41) is 1.86. The smallest absolute Gasteiger partial charge is 0.319 e. The highest BCUT2D eigenvalue weighted by Crippen LogP contribution is 2.35. The van der Waals surface area contributed by atoms with Crippen LogP contribution in [0.4, 0.5) is 0 Å². The second-order valence-electron chi connectivity index (χ2n) is 4.08. The van der Waals surface area contributed by atoms with Crippen LogP contribution in [0.1, 0.15) is 4.88 Å². The molecular weight excluding hydrogens is 270 g/mol. The molecule has 0 N–H and O–H groups in total. The number of hydrogen-bond acceptors (Lipinski definition) is 4. The molecule has 0 aliphatic rings. The maximum absolute atomic E-state index is 11.2. The zero-order valence-electron chi connectivity index (χ0n) is 10.3. The van der Waals surface area contributed by atoms with Crippen molar-refractivity contribution < 1.29 is 9.53 Å². The Balaban J connectivity index is 2.16. The number of carbonyl (C=O) groups excluding carboxylic acids is 1. The van der Waals surface area contributed by atoms with Gasteiger partial charge in [0.1, 0.15) is 0 Å². The SMILES string of the molecule is COC(=O)CN(C)Cc1sc2ccccc2c1Cl. The molecule has 0 amide bonds. The topological polar surface area (TPSA) is 29.5 Å². The second-order valence-corrected chi connectivity index (χ2v) is 5.60. The molecule has 18 heavy (non-hydrogen) atoms. The Hall–Kier alpha value is -1.10. The molecule has 0 aliphatic carbocycles. The van der Waals surface area contributed by atoms with Crippen molar-refractivity contribution in [2.24, 2.45) is 0 Å². The van der Waals surface area contributed by atoms with Crippen LogP contribution in [0, 0.1) is 0 Å². The number of esters is 1. The number of ether oxygens (including phenoxy) is 1. The maximum Gasteiger partial charge on any atom is 0.319 e. The third kappa shape index (κ3) is 2.83. The fraction of sp³-hybridized carbons (Fsp3) is 0.308. The summed E-state index contributed by atoms with van der Waals surface area (Å²) in [5.41, 5.74) is 0. The van der Waals surface area contributed by atoms with Crippen LogP contribution in [-0.4, -0.2) is 31.6 Å². The first-order chi connectivity index (χ1) is 8.61. The number of rotatable bonds is 4. The summed E-state index contributed by atoms with van der Waals surface area (Å²) in [6.45, 7) is 0.911. The van der Waals surface area contributed by atoms with Gasteiger partial charge in [0.2, 0.25) is 0 Å². The van der Waals surface area contributed by atoms with E-state index in [1.807, 2.05) is 30.1 Å². The summed E-state index contributed by atoms with van der Waals surface area (Å²) >= 11 is 8.00. The molecule has 0 spiro atoms. The predicted octanol–water partition coefficient (Wildman–Crippen LogP) is 3.16. The van der Waals surface area contributed by atoms with Crippen molar-refractivity contribution in [2.45, 2.75) is 6.54 Å². The maximum atomic E-state index is 11.2. The van der Waals surface area contributed by atoms with Gasteiger partial charge < -0.3 is 4.74 Å². The highest BCUT2D eigenvalue weighted by Gasteiger charge is 2.13. The van der Waals surface area contributed by atoms with Crippen LogP contribution in [0.15, 0.2) is 24.3 Å². The molecule has 3 nitrogen and oxygen atoms in total.